The van der Waals surface area contributed by atoms with E-state index in [0.29, 0.717) is 5.88 Å². The fourth-order valence-corrected chi connectivity index (χ4v) is 0.922. The van der Waals surface area contributed by atoms with E-state index in [1.807, 2.05) is 5.43 Å². The SMILES string of the molecule is NNC(=O)c1cc(CCl)ccn1. The van der Waals surface area contributed by atoms with Crippen molar-refractivity contribution in [3.8, 4) is 0 Å². The van der Waals surface area contributed by atoms with Gasteiger partial charge in [0.1, 0.15) is 5.69 Å². The second-order valence-electron chi connectivity index (χ2n) is 2.16. The van der Waals surface area contributed by atoms with Crippen LogP contribution in [0, 0.1) is 0 Å². The van der Waals surface area contributed by atoms with Crippen molar-refractivity contribution in [3.63, 3.8) is 0 Å². The van der Waals surface area contributed by atoms with Gasteiger partial charge < -0.3 is 0 Å². The van der Waals surface area contributed by atoms with Gasteiger partial charge in [-0.1, -0.05) is 0 Å². The molecule has 0 radical (unpaired) electrons. The number of nitrogens with two attached hydrogens (primary N) is 1. The van der Waals surface area contributed by atoms with E-state index in [4.69, 9.17) is 17.4 Å². The third-order valence-electron chi connectivity index (χ3n) is 1.34. The Balaban J connectivity index is 2.93. The lowest BCUT2D eigenvalue weighted by Gasteiger charge is -1.99. The minimum absolute atomic E-state index is 0.274. The fraction of sp³-hybridized carbons (Fsp3) is 0.143. The summed E-state index contributed by atoms with van der Waals surface area (Å²) in [4.78, 5) is 14.7. The van der Waals surface area contributed by atoms with Crippen LogP contribution in [-0.4, -0.2) is 10.9 Å². The van der Waals surface area contributed by atoms with Crippen LogP contribution >= 0.6 is 11.6 Å². The van der Waals surface area contributed by atoms with Crippen molar-refractivity contribution in [1.82, 2.24) is 10.4 Å². The monoisotopic (exact) mass is 185 g/mol. The molecule has 1 aromatic rings. The number of rotatable bonds is 2. The van der Waals surface area contributed by atoms with Crippen molar-refractivity contribution >= 4 is 17.5 Å². The molecule has 0 aliphatic rings. The van der Waals surface area contributed by atoms with Gasteiger partial charge in [0.25, 0.3) is 5.91 Å². The van der Waals surface area contributed by atoms with Gasteiger partial charge in [0.05, 0.1) is 0 Å². The fourth-order valence-electron chi connectivity index (χ4n) is 0.756. The maximum absolute atomic E-state index is 10.9. The average Bonchev–Trinajstić information content (AvgIpc) is 2.17. The number of halogens is 1. The largest absolute Gasteiger partial charge is 0.289 e. The summed E-state index contributed by atoms with van der Waals surface area (Å²) in [5.74, 6) is 4.86. The first-order chi connectivity index (χ1) is 5.77. The lowest BCUT2D eigenvalue weighted by atomic mass is 10.2. The van der Waals surface area contributed by atoms with E-state index < -0.39 is 5.91 Å². The smallest absolute Gasteiger partial charge is 0.283 e. The van der Waals surface area contributed by atoms with Crippen LogP contribution in [-0.2, 0) is 5.88 Å². The molecule has 5 heteroatoms. The Morgan fingerprint density at radius 1 is 1.75 bits per heavy atom. The maximum atomic E-state index is 10.9. The van der Waals surface area contributed by atoms with E-state index in [9.17, 15) is 4.79 Å². The highest BCUT2D eigenvalue weighted by Crippen LogP contribution is 2.04. The van der Waals surface area contributed by atoms with Crippen molar-refractivity contribution in [1.29, 1.82) is 0 Å². The highest BCUT2D eigenvalue weighted by molar-refractivity contribution is 6.17. The normalized spacial score (nSPS) is 9.50. The molecule has 0 aliphatic carbocycles. The van der Waals surface area contributed by atoms with E-state index in [1.165, 1.54) is 6.20 Å². The zero-order chi connectivity index (χ0) is 8.97. The molecule has 1 amide bonds. The summed E-state index contributed by atoms with van der Waals surface area (Å²) in [6.45, 7) is 0. The minimum atomic E-state index is -0.415. The molecule has 0 aliphatic heterocycles. The van der Waals surface area contributed by atoms with Crippen LogP contribution in [0.1, 0.15) is 16.1 Å². The number of nitrogens with zero attached hydrogens (tertiary/aromatic N) is 1. The molecule has 0 spiro atoms. The number of hydrazine groups is 1. The summed E-state index contributed by atoms with van der Waals surface area (Å²) in [5, 5.41) is 0. The van der Waals surface area contributed by atoms with Crippen LogP contribution in [0.25, 0.3) is 0 Å². The summed E-state index contributed by atoms with van der Waals surface area (Å²) in [5.41, 5.74) is 3.10. The summed E-state index contributed by atoms with van der Waals surface area (Å²) < 4.78 is 0. The first-order valence-electron chi connectivity index (χ1n) is 3.29. The van der Waals surface area contributed by atoms with Gasteiger partial charge >= 0.3 is 0 Å². The summed E-state index contributed by atoms with van der Waals surface area (Å²) in [6, 6.07) is 3.33. The quantitative estimate of drug-likeness (QED) is 0.304. The Hall–Kier alpha value is -1.13. The van der Waals surface area contributed by atoms with Gasteiger partial charge in [-0.3, -0.25) is 15.2 Å². The van der Waals surface area contributed by atoms with Crippen molar-refractivity contribution in [2.75, 3.05) is 0 Å². The summed E-state index contributed by atoms with van der Waals surface area (Å²) >= 11 is 5.56. The topological polar surface area (TPSA) is 68.0 Å². The minimum Gasteiger partial charge on any atom is -0.289 e. The van der Waals surface area contributed by atoms with E-state index >= 15 is 0 Å². The van der Waals surface area contributed by atoms with Crippen LogP contribution < -0.4 is 11.3 Å². The van der Waals surface area contributed by atoms with Gasteiger partial charge in [-0.25, -0.2) is 5.84 Å². The first-order valence-corrected chi connectivity index (χ1v) is 3.83. The van der Waals surface area contributed by atoms with E-state index in [1.54, 1.807) is 12.1 Å². The predicted molar refractivity (Wildman–Crippen MR) is 45.4 cm³/mol. The lowest BCUT2D eigenvalue weighted by molar-refractivity contribution is 0.0948. The Bertz CT molecular complexity index is 290. The Morgan fingerprint density at radius 2 is 2.50 bits per heavy atom. The third-order valence-corrected chi connectivity index (χ3v) is 1.65. The molecule has 0 fully saturated rings. The van der Waals surface area contributed by atoms with Gasteiger partial charge in [0.2, 0.25) is 0 Å². The van der Waals surface area contributed by atoms with Gasteiger partial charge in [-0.05, 0) is 17.7 Å². The number of carbonyl (C=O) groups is 1. The number of nitrogen functional groups attached to an aromatic ring is 1. The molecule has 0 unspecified atom stereocenters. The molecule has 0 saturated heterocycles. The number of aromatic nitrogens is 1. The molecule has 0 bridgehead atoms. The Morgan fingerprint density at radius 3 is 3.08 bits per heavy atom. The molecule has 1 heterocycles. The van der Waals surface area contributed by atoms with Crippen LogP contribution in [0.2, 0.25) is 0 Å². The van der Waals surface area contributed by atoms with Crippen LogP contribution in [0.15, 0.2) is 18.3 Å². The number of carbonyl (C=O) groups excluding carboxylic acids is 1. The third kappa shape index (κ3) is 1.93. The number of amides is 1. The van der Waals surface area contributed by atoms with Crippen molar-refractivity contribution in [2.24, 2.45) is 5.84 Å². The number of pyridine rings is 1. The van der Waals surface area contributed by atoms with E-state index in [0.717, 1.165) is 5.56 Å². The van der Waals surface area contributed by atoms with E-state index in [-0.39, 0.29) is 5.69 Å². The molecule has 0 saturated carbocycles. The first kappa shape index (κ1) is 8.96. The summed E-state index contributed by atoms with van der Waals surface area (Å²) in [6.07, 6.45) is 1.52. The predicted octanol–water partition coefficient (Wildman–Crippen LogP) is 0.424. The van der Waals surface area contributed by atoms with Gasteiger partial charge in [0.15, 0.2) is 0 Å². The molecule has 1 aromatic heterocycles. The highest BCUT2D eigenvalue weighted by Gasteiger charge is 2.04. The van der Waals surface area contributed by atoms with Gasteiger partial charge in [0, 0.05) is 12.1 Å². The maximum Gasteiger partial charge on any atom is 0.283 e. The molecular weight excluding hydrogens is 178 g/mol. The molecular formula is C7H8ClN3O. The zero-order valence-electron chi connectivity index (χ0n) is 6.25. The van der Waals surface area contributed by atoms with Crippen LogP contribution in [0.4, 0.5) is 0 Å². The Labute approximate surface area is 74.7 Å². The van der Waals surface area contributed by atoms with Gasteiger partial charge in [-0.15, -0.1) is 11.6 Å². The number of hydrogen-bond acceptors (Lipinski definition) is 3. The van der Waals surface area contributed by atoms with Crippen LogP contribution in [0.3, 0.4) is 0 Å². The zero-order valence-corrected chi connectivity index (χ0v) is 7.01. The molecule has 64 valence electrons. The molecule has 1 rings (SSSR count). The van der Waals surface area contributed by atoms with Crippen molar-refractivity contribution < 1.29 is 4.79 Å². The number of nitrogens with one attached hydrogen (secondary N) is 1. The van der Waals surface area contributed by atoms with Gasteiger partial charge in [-0.2, -0.15) is 0 Å². The van der Waals surface area contributed by atoms with E-state index in [2.05, 4.69) is 4.98 Å². The number of hydrogen-bond donors (Lipinski definition) is 2. The molecule has 3 N–H and O–H groups in total. The van der Waals surface area contributed by atoms with Crippen molar-refractivity contribution in [2.45, 2.75) is 5.88 Å². The van der Waals surface area contributed by atoms with Crippen molar-refractivity contribution in [3.05, 3.63) is 29.6 Å². The van der Waals surface area contributed by atoms with Crippen LogP contribution in [0.5, 0.6) is 0 Å². The molecule has 12 heavy (non-hydrogen) atoms. The second kappa shape index (κ2) is 4.04. The lowest BCUT2D eigenvalue weighted by Crippen LogP contribution is -2.30. The Kier molecular flexibility index (Phi) is 3.01. The highest BCUT2D eigenvalue weighted by atomic mass is 35.5. The molecule has 0 aromatic carbocycles. The summed E-state index contributed by atoms with van der Waals surface area (Å²) in [7, 11) is 0. The molecule has 4 nitrogen and oxygen atoms in total. The number of alkyl halides is 1. The second-order valence-corrected chi connectivity index (χ2v) is 2.42. The molecule has 0 atom stereocenters. The standard InChI is InChI=1S/C7H8ClN3O/c8-4-5-1-2-10-6(3-5)7(12)11-9/h1-3H,4,9H2,(H,11,12). The average molecular weight is 186 g/mol.